The summed E-state index contributed by atoms with van der Waals surface area (Å²) in [7, 11) is 0. The molecule has 0 saturated carbocycles. The van der Waals surface area contributed by atoms with Crippen LogP contribution in [0.4, 0.5) is 0 Å². The highest BCUT2D eigenvalue weighted by molar-refractivity contribution is 7.99. The van der Waals surface area contributed by atoms with E-state index in [2.05, 4.69) is 17.6 Å². The maximum atomic E-state index is 11.2. The third-order valence-corrected chi connectivity index (χ3v) is 3.06. The van der Waals surface area contributed by atoms with Gasteiger partial charge < -0.3 is 10.6 Å². The van der Waals surface area contributed by atoms with Gasteiger partial charge in [-0.25, -0.2) is 0 Å². The summed E-state index contributed by atoms with van der Waals surface area (Å²) in [4.78, 5) is 11.2. The molecule has 1 unspecified atom stereocenters. The Hall–Kier alpha value is -0.220. The molecule has 0 spiro atoms. The molecule has 1 atom stereocenters. The second kappa shape index (κ2) is 6.27. The minimum atomic E-state index is 0.179. The van der Waals surface area contributed by atoms with Crippen molar-refractivity contribution in [2.75, 3.05) is 31.1 Å². The number of carbonyl (C=O) groups is 1. The van der Waals surface area contributed by atoms with Crippen LogP contribution in [0.2, 0.25) is 0 Å². The van der Waals surface area contributed by atoms with Crippen LogP contribution in [0.5, 0.6) is 0 Å². The van der Waals surface area contributed by atoms with Crippen molar-refractivity contribution in [1.82, 2.24) is 10.6 Å². The Labute approximate surface area is 84.0 Å². The van der Waals surface area contributed by atoms with Crippen LogP contribution in [-0.4, -0.2) is 37.0 Å². The van der Waals surface area contributed by atoms with Gasteiger partial charge in [-0.1, -0.05) is 6.92 Å². The van der Waals surface area contributed by atoms with Crippen LogP contribution in [0.1, 0.15) is 13.3 Å². The van der Waals surface area contributed by atoms with Crippen molar-refractivity contribution in [3.63, 3.8) is 0 Å². The van der Waals surface area contributed by atoms with E-state index in [0.29, 0.717) is 11.7 Å². The maximum absolute atomic E-state index is 11.2. The smallest absolute Gasteiger partial charge is 0.230 e. The molecular weight excluding hydrogens is 184 g/mol. The van der Waals surface area contributed by atoms with Crippen LogP contribution < -0.4 is 10.6 Å². The molecule has 1 heterocycles. The highest BCUT2D eigenvalue weighted by atomic mass is 32.2. The molecule has 1 rings (SSSR count). The highest BCUT2D eigenvalue weighted by Gasteiger charge is 2.14. The zero-order valence-electron chi connectivity index (χ0n) is 8.14. The Balaban J connectivity index is 2.00. The average Bonchev–Trinajstić information content (AvgIpc) is 2.64. The molecule has 4 heteroatoms. The minimum absolute atomic E-state index is 0.179. The van der Waals surface area contributed by atoms with Gasteiger partial charge >= 0.3 is 0 Å². The Morgan fingerprint density at radius 1 is 1.69 bits per heavy atom. The van der Waals surface area contributed by atoms with Crippen molar-refractivity contribution in [2.45, 2.75) is 13.3 Å². The number of hydrogen-bond acceptors (Lipinski definition) is 3. The molecule has 1 amide bonds. The topological polar surface area (TPSA) is 41.1 Å². The molecule has 1 fully saturated rings. The molecule has 0 radical (unpaired) electrons. The van der Waals surface area contributed by atoms with E-state index in [-0.39, 0.29) is 5.91 Å². The van der Waals surface area contributed by atoms with Gasteiger partial charge in [0.15, 0.2) is 0 Å². The summed E-state index contributed by atoms with van der Waals surface area (Å²) in [6.45, 7) is 5.07. The number of carbonyl (C=O) groups excluding carboxylic acids is 1. The van der Waals surface area contributed by atoms with Crippen LogP contribution in [0, 0.1) is 5.92 Å². The summed E-state index contributed by atoms with van der Waals surface area (Å²) in [6.07, 6.45) is 1.20. The standard InChI is InChI=1S/C9H18N2OS/c1-2-13-7-9(12)11-6-8-3-4-10-5-8/h8,10H,2-7H2,1H3,(H,11,12). The maximum Gasteiger partial charge on any atom is 0.230 e. The molecule has 0 aromatic carbocycles. The molecule has 0 aromatic rings. The number of thioether (sulfide) groups is 1. The Morgan fingerprint density at radius 2 is 2.54 bits per heavy atom. The lowest BCUT2D eigenvalue weighted by molar-refractivity contribution is -0.118. The van der Waals surface area contributed by atoms with Crippen molar-refractivity contribution in [3.8, 4) is 0 Å². The molecule has 0 aromatic heterocycles. The van der Waals surface area contributed by atoms with Crippen LogP contribution in [0.15, 0.2) is 0 Å². The van der Waals surface area contributed by atoms with Crippen LogP contribution in [-0.2, 0) is 4.79 Å². The van der Waals surface area contributed by atoms with Crippen LogP contribution >= 0.6 is 11.8 Å². The molecule has 3 nitrogen and oxygen atoms in total. The van der Waals surface area contributed by atoms with Crippen molar-refractivity contribution >= 4 is 17.7 Å². The first kappa shape index (κ1) is 10.9. The molecule has 76 valence electrons. The van der Waals surface area contributed by atoms with E-state index in [1.165, 1.54) is 6.42 Å². The summed E-state index contributed by atoms with van der Waals surface area (Å²) < 4.78 is 0. The Bertz CT molecular complexity index is 158. The summed E-state index contributed by atoms with van der Waals surface area (Å²) in [5.74, 6) is 2.45. The molecule has 1 saturated heterocycles. The lowest BCUT2D eigenvalue weighted by atomic mass is 10.1. The normalized spacial score (nSPS) is 21.8. The van der Waals surface area contributed by atoms with Crippen molar-refractivity contribution in [3.05, 3.63) is 0 Å². The predicted molar refractivity (Wildman–Crippen MR) is 57.0 cm³/mol. The van der Waals surface area contributed by atoms with E-state index >= 15 is 0 Å². The summed E-state index contributed by atoms with van der Waals surface area (Å²) in [6, 6.07) is 0. The highest BCUT2D eigenvalue weighted by Crippen LogP contribution is 2.05. The summed E-state index contributed by atoms with van der Waals surface area (Å²) in [5.41, 5.74) is 0. The van der Waals surface area contributed by atoms with Gasteiger partial charge in [-0.15, -0.1) is 0 Å². The Kier molecular flexibility index (Phi) is 5.23. The van der Waals surface area contributed by atoms with E-state index in [1.807, 2.05) is 0 Å². The first-order valence-corrected chi connectivity index (χ1v) is 6.03. The average molecular weight is 202 g/mol. The molecule has 0 aliphatic carbocycles. The molecule has 1 aliphatic rings. The van der Waals surface area contributed by atoms with Crippen molar-refractivity contribution in [2.24, 2.45) is 5.92 Å². The summed E-state index contributed by atoms with van der Waals surface area (Å²) in [5, 5.41) is 6.24. The fourth-order valence-corrected chi connectivity index (χ4v) is 1.88. The molecule has 2 N–H and O–H groups in total. The minimum Gasteiger partial charge on any atom is -0.355 e. The van der Waals surface area contributed by atoms with E-state index in [0.717, 1.165) is 25.4 Å². The van der Waals surface area contributed by atoms with Gasteiger partial charge in [-0.3, -0.25) is 4.79 Å². The van der Waals surface area contributed by atoms with Gasteiger partial charge in [-0.2, -0.15) is 11.8 Å². The van der Waals surface area contributed by atoms with Gasteiger partial charge in [0.2, 0.25) is 5.91 Å². The van der Waals surface area contributed by atoms with E-state index in [1.54, 1.807) is 11.8 Å². The molecule has 1 aliphatic heterocycles. The van der Waals surface area contributed by atoms with Crippen LogP contribution in [0.25, 0.3) is 0 Å². The fraction of sp³-hybridized carbons (Fsp3) is 0.889. The van der Waals surface area contributed by atoms with Crippen molar-refractivity contribution < 1.29 is 4.79 Å². The number of rotatable bonds is 5. The number of nitrogens with one attached hydrogen (secondary N) is 2. The fourth-order valence-electron chi connectivity index (χ4n) is 1.39. The van der Waals surface area contributed by atoms with Gasteiger partial charge in [0.25, 0.3) is 0 Å². The molecule has 13 heavy (non-hydrogen) atoms. The zero-order valence-corrected chi connectivity index (χ0v) is 8.95. The number of amides is 1. The second-order valence-corrected chi connectivity index (χ2v) is 4.57. The third-order valence-electron chi connectivity index (χ3n) is 2.19. The molecule has 0 bridgehead atoms. The van der Waals surface area contributed by atoms with E-state index in [4.69, 9.17) is 0 Å². The first-order chi connectivity index (χ1) is 6.33. The SMILES string of the molecule is CCSCC(=O)NCC1CCNC1. The van der Waals surface area contributed by atoms with Gasteiger partial charge in [0.1, 0.15) is 0 Å². The lowest BCUT2D eigenvalue weighted by Crippen LogP contribution is -2.31. The van der Waals surface area contributed by atoms with Gasteiger partial charge in [-0.05, 0) is 31.2 Å². The van der Waals surface area contributed by atoms with Gasteiger partial charge in [0.05, 0.1) is 5.75 Å². The van der Waals surface area contributed by atoms with Crippen LogP contribution in [0.3, 0.4) is 0 Å². The largest absolute Gasteiger partial charge is 0.355 e. The molecular formula is C9H18N2OS. The van der Waals surface area contributed by atoms with Gasteiger partial charge in [0, 0.05) is 6.54 Å². The third kappa shape index (κ3) is 4.52. The second-order valence-electron chi connectivity index (χ2n) is 3.30. The number of hydrogen-bond donors (Lipinski definition) is 2. The van der Waals surface area contributed by atoms with Crippen molar-refractivity contribution in [1.29, 1.82) is 0 Å². The zero-order chi connectivity index (χ0) is 9.52. The lowest BCUT2D eigenvalue weighted by Gasteiger charge is -2.09. The Morgan fingerprint density at radius 3 is 3.15 bits per heavy atom. The predicted octanol–water partition coefficient (Wildman–Crippen LogP) is 0.465. The van der Waals surface area contributed by atoms with E-state index < -0.39 is 0 Å². The quantitative estimate of drug-likeness (QED) is 0.681. The first-order valence-electron chi connectivity index (χ1n) is 4.88. The summed E-state index contributed by atoms with van der Waals surface area (Å²) >= 11 is 1.67. The monoisotopic (exact) mass is 202 g/mol. The van der Waals surface area contributed by atoms with E-state index in [9.17, 15) is 4.79 Å².